The maximum atomic E-state index is 11.0. The molecule has 11 heavy (non-hydrogen) atoms. The summed E-state index contributed by atoms with van der Waals surface area (Å²) in [4.78, 5) is 11.0. The number of carbonyl (C=O) groups is 1. The number of ether oxygens (including phenoxy) is 1. The van der Waals surface area contributed by atoms with Gasteiger partial charge in [-0.15, -0.1) is 0 Å². The summed E-state index contributed by atoms with van der Waals surface area (Å²) in [6.45, 7) is 0. The smallest absolute Gasteiger partial charge is 0.342 e. The molecule has 4 nitrogen and oxygen atoms in total. The van der Waals surface area contributed by atoms with Crippen molar-refractivity contribution in [2.24, 2.45) is 7.05 Å². The summed E-state index contributed by atoms with van der Waals surface area (Å²) in [5.41, 5.74) is 0.510. The fourth-order valence-electron chi connectivity index (χ4n) is 0.669. The van der Waals surface area contributed by atoms with Crippen molar-refractivity contribution in [1.29, 1.82) is 0 Å². The summed E-state index contributed by atoms with van der Waals surface area (Å²) in [7, 11) is 3.12. The molecule has 0 N–H and O–H groups in total. The summed E-state index contributed by atoms with van der Waals surface area (Å²) < 4.78 is 6.94. The zero-order chi connectivity index (χ0) is 8.43. The molecule has 0 saturated heterocycles. The Balaban J connectivity index is 3.04. The van der Waals surface area contributed by atoms with E-state index in [9.17, 15) is 4.79 Å². The summed E-state index contributed by atoms with van der Waals surface area (Å²) in [6.07, 6.45) is 1.49. The third-order valence-electron chi connectivity index (χ3n) is 1.27. The number of methoxy groups -OCH3 is 1. The molecule has 5 heteroatoms. The van der Waals surface area contributed by atoms with Gasteiger partial charge in [0, 0.05) is 7.05 Å². The Morgan fingerprint density at radius 3 is 2.82 bits per heavy atom. The van der Waals surface area contributed by atoms with Crippen LogP contribution in [-0.4, -0.2) is 22.9 Å². The molecule has 60 valence electrons. The Hall–Kier alpha value is -0.590. The quantitative estimate of drug-likeness (QED) is 0.558. The van der Waals surface area contributed by atoms with Gasteiger partial charge in [0.1, 0.15) is 9.26 Å². The Labute approximate surface area is 77.7 Å². The van der Waals surface area contributed by atoms with E-state index in [0.29, 0.717) is 5.56 Å². The lowest BCUT2D eigenvalue weighted by Crippen LogP contribution is -2.03. The van der Waals surface area contributed by atoms with Crippen LogP contribution in [0.25, 0.3) is 0 Å². The van der Waals surface area contributed by atoms with E-state index in [0.717, 1.165) is 3.70 Å². The van der Waals surface area contributed by atoms with Crippen molar-refractivity contribution in [3.05, 3.63) is 15.5 Å². The number of carbonyl (C=O) groups excluding carboxylic acids is 1. The van der Waals surface area contributed by atoms with Gasteiger partial charge in [0.05, 0.1) is 13.3 Å². The molecular weight excluding hydrogens is 259 g/mol. The number of hydrogen-bond acceptors (Lipinski definition) is 3. The summed E-state index contributed by atoms with van der Waals surface area (Å²) in [5.74, 6) is -0.345. The first-order valence-electron chi connectivity index (χ1n) is 2.92. The van der Waals surface area contributed by atoms with E-state index in [-0.39, 0.29) is 5.97 Å². The van der Waals surface area contributed by atoms with Crippen molar-refractivity contribution in [1.82, 2.24) is 9.78 Å². The molecule has 0 radical (unpaired) electrons. The van der Waals surface area contributed by atoms with Gasteiger partial charge in [-0.25, -0.2) is 4.79 Å². The standard InChI is InChI=1S/C6H7IN2O2/c1-9-5(7)4(3-8-9)6(10)11-2/h3H,1-2H3. The lowest BCUT2D eigenvalue weighted by Gasteiger charge is -1.95. The van der Waals surface area contributed by atoms with E-state index in [4.69, 9.17) is 0 Å². The van der Waals surface area contributed by atoms with Crippen LogP contribution in [-0.2, 0) is 11.8 Å². The normalized spacial score (nSPS) is 9.73. The SMILES string of the molecule is COC(=O)c1cnn(C)c1I. The number of aryl methyl sites for hydroxylation is 1. The van der Waals surface area contributed by atoms with Gasteiger partial charge in [-0.3, -0.25) is 4.68 Å². The van der Waals surface area contributed by atoms with Crippen LogP contribution in [0.3, 0.4) is 0 Å². The first kappa shape index (κ1) is 8.51. The number of nitrogens with zero attached hydrogens (tertiary/aromatic N) is 2. The Morgan fingerprint density at radius 1 is 1.82 bits per heavy atom. The second-order valence-electron chi connectivity index (χ2n) is 1.96. The first-order valence-corrected chi connectivity index (χ1v) is 4.00. The highest BCUT2D eigenvalue weighted by atomic mass is 127. The van der Waals surface area contributed by atoms with E-state index in [1.807, 2.05) is 22.6 Å². The molecule has 1 aromatic rings. The minimum atomic E-state index is -0.345. The molecule has 1 rings (SSSR count). The van der Waals surface area contributed by atoms with Crippen LogP contribution in [0.5, 0.6) is 0 Å². The van der Waals surface area contributed by atoms with Crippen molar-refractivity contribution in [2.75, 3.05) is 7.11 Å². The van der Waals surface area contributed by atoms with Gasteiger partial charge in [0.25, 0.3) is 0 Å². The number of hydrogen-bond donors (Lipinski definition) is 0. The molecule has 0 aromatic carbocycles. The number of halogens is 1. The molecule has 1 aromatic heterocycles. The Kier molecular flexibility index (Phi) is 2.48. The maximum Gasteiger partial charge on any atom is 0.342 e. The van der Waals surface area contributed by atoms with Crippen molar-refractivity contribution >= 4 is 28.6 Å². The van der Waals surface area contributed by atoms with Gasteiger partial charge in [-0.05, 0) is 22.6 Å². The van der Waals surface area contributed by atoms with E-state index in [2.05, 4.69) is 9.84 Å². The molecule has 0 aliphatic heterocycles. The summed E-state index contributed by atoms with van der Waals surface area (Å²) in [6, 6.07) is 0. The first-order chi connectivity index (χ1) is 5.16. The Bertz CT molecular complexity index is 282. The van der Waals surface area contributed by atoms with E-state index in [1.54, 1.807) is 11.7 Å². The molecule has 0 aliphatic carbocycles. The third kappa shape index (κ3) is 1.52. The second kappa shape index (κ2) is 3.21. The maximum absolute atomic E-state index is 11.0. The molecule has 0 amide bonds. The minimum absolute atomic E-state index is 0.345. The van der Waals surface area contributed by atoms with Crippen molar-refractivity contribution in [3.8, 4) is 0 Å². The van der Waals surface area contributed by atoms with Crippen LogP contribution in [0.2, 0.25) is 0 Å². The topological polar surface area (TPSA) is 44.1 Å². The molecule has 0 fully saturated rings. The van der Waals surface area contributed by atoms with Crippen molar-refractivity contribution in [2.45, 2.75) is 0 Å². The zero-order valence-corrected chi connectivity index (χ0v) is 8.32. The highest BCUT2D eigenvalue weighted by molar-refractivity contribution is 14.1. The number of esters is 1. The number of rotatable bonds is 1. The molecule has 1 heterocycles. The molecule has 0 saturated carbocycles. The van der Waals surface area contributed by atoms with Crippen LogP contribution >= 0.6 is 22.6 Å². The lowest BCUT2D eigenvalue weighted by molar-refractivity contribution is 0.0599. The van der Waals surface area contributed by atoms with Gasteiger partial charge in [0.15, 0.2) is 0 Å². The van der Waals surface area contributed by atoms with Crippen LogP contribution < -0.4 is 0 Å². The molecule has 0 spiro atoms. The molecule has 0 bridgehead atoms. The van der Waals surface area contributed by atoms with Gasteiger partial charge in [-0.1, -0.05) is 0 Å². The molecule has 0 atom stereocenters. The summed E-state index contributed by atoms with van der Waals surface area (Å²) in [5, 5.41) is 3.89. The largest absolute Gasteiger partial charge is 0.465 e. The van der Waals surface area contributed by atoms with E-state index >= 15 is 0 Å². The number of aromatic nitrogens is 2. The fraction of sp³-hybridized carbons (Fsp3) is 0.333. The third-order valence-corrected chi connectivity index (χ3v) is 2.55. The van der Waals surface area contributed by atoms with Gasteiger partial charge in [0.2, 0.25) is 0 Å². The van der Waals surface area contributed by atoms with Gasteiger partial charge >= 0.3 is 5.97 Å². The highest BCUT2D eigenvalue weighted by Gasteiger charge is 2.13. The van der Waals surface area contributed by atoms with Crippen molar-refractivity contribution < 1.29 is 9.53 Å². The Morgan fingerprint density at radius 2 is 2.45 bits per heavy atom. The average Bonchev–Trinajstić information content (AvgIpc) is 2.32. The van der Waals surface area contributed by atoms with Crippen LogP contribution in [0, 0.1) is 3.70 Å². The highest BCUT2D eigenvalue weighted by Crippen LogP contribution is 2.10. The van der Waals surface area contributed by atoms with E-state index < -0.39 is 0 Å². The van der Waals surface area contributed by atoms with Gasteiger partial charge < -0.3 is 4.74 Å². The average molecular weight is 266 g/mol. The minimum Gasteiger partial charge on any atom is -0.465 e. The fourth-order valence-corrected chi connectivity index (χ4v) is 1.15. The van der Waals surface area contributed by atoms with Crippen LogP contribution in [0.1, 0.15) is 10.4 Å². The predicted molar refractivity (Wildman–Crippen MR) is 47.3 cm³/mol. The monoisotopic (exact) mass is 266 g/mol. The van der Waals surface area contributed by atoms with E-state index in [1.165, 1.54) is 13.3 Å². The van der Waals surface area contributed by atoms with Crippen molar-refractivity contribution in [3.63, 3.8) is 0 Å². The predicted octanol–water partition coefficient (Wildman–Crippen LogP) is 0.811. The molecule has 0 unspecified atom stereocenters. The van der Waals surface area contributed by atoms with Crippen LogP contribution in [0.15, 0.2) is 6.20 Å². The summed E-state index contributed by atoms with van der Waals surface area (Å²) >= 11 is 2.04. The molecular formula is C6H7IN2O2. The lowest BCUT2D eigenvalue weighted by atomic mass is 10.4. The molecule has 0 aliphatic rings. The zero-order valence-electron chi connectivity index (χ0n) is 6.17. The second-order valence-corrected chi connectivity index (χ2v) is 2.99. The van der Waals surface area contributed by atoms with Crippen LogP contribution in [0.4, 0.5) is 0 Å². The van der Waals surface area contributed by atoms with Gasteiger partial charge in [-0.2, -0.15) is 5.10 Å².